The summed E-state index contributed by atoms with van der Waals surface area (Å²) in [4.78, 5) is 3.67. The van der Waals surface area contributed by atoms with Gasteiger partial charge in [-0.05, 0) is 30.5 Å². The molecule has 154 valence electrons. The molecule has 1 fully saturated rings. The summed E-state index contributed by atoms with van der Waals surface area (Å²) in [5, 5.41) is 0. The van der Waals surface area contributed by atoms with E-state index in [0.717, 1.165) is 5.56 Å². The van der Waals surface area contributed by atoms with E-state index in [2.05, 4.69) is 0 Å². The van der Waals surface area contributed by atoms with Crippen LogP contribution in [0.4, 0.5) is 18.9 Å². The van der Waals surface area contributed by atoms with E-state index in [1.807, 2.05) is 35.2 Å². The predicted molar refractivity (Wildman–Crippen MR) is 108 cm³/mol. The number of benzene rings is 2. The summed E-state index contributed by atoms with van der Waals surface area (Å²) in [6.45, 7) is 2.32. The third kappa shape index (κ3) is 4.52. The molecular weight excluding hydrogens is 377 g/mol. The Balaban J connectivity index is 1.37. The molecule has 1 aliphatic carbocycles. The number of halogens is 3. The van der Waals surface area contributed by atoms with Gasteiger partial charge in [-0.3, -0.25) is 0 Å². The van der Waals surface area contributed by atoms with Gasteiger partial charge in [-0.25, -0.2) is 4.39 Å². The highest BCUT2D eigenvalue weighted by atomic mass is 19.3. The third-order valence-electron chi connectivity index (χ3n) is 5.54. The van der Waals surface area contributed by atoms with Gasteiger partial charge in [0.1, 0.15) is 18.2 Å². The van der Waals surface area contributed by atoms with Gasteiger partial charge in [0.05, 0.1) is 11.4 Å². The van der Waals surface area contributed by atoms with Crippen LogP contribution in [0.1, 0.15) is 24.8 Å². The van der Waals surface area contributed by atoms with Crippen molar-refractivity contribution in [3.8, 4) is 5.75 Å². The fraction of sp³-hybridized carbons (Fsp3) is 0.391. The maximum Gasteiger partial charge on any atom is 0.287 e. The molecule has 0 aromatic heterocycles. The first-order valence-electron chi connectivity index (χ1n) is 10.1. The Labute approximate surface area is 169 Å². The Bertz CT molecular complexity index is 862. The molecule has 0 atom stereocenters. The molecule has 2 aromatic carbocycles. The fourth-order valence-corrected chi connectivity index (χ4v) is 3.96. The lowest BCUT2D eigenvalue weighted by atomic mass is 9.99. The fourth-order valence-electron chi connectivity index (χ4n) is 3.96. The second-order valence-electron chi connectivity index (χ2n) is 7.55. The number of hydrogen-bond donors (Lipinski definition) is 0. The van der Waals surface area contributed by atoms with E-state index in [-0.39, 0.29) is 17.9 Å². The van der Waals surface area contributed by atoms with Gasteiger partial charge in [0.25, 0.3) is 5.92 Å². The number of hydrogen-bond acceptors (Lipinski definition) is 3. The number of anilines is 1. The maximum absolute atomic E-state index is 14.7. The van der Waals surface area contributed by atoms with Crippen molar-refractivity contribution in [2.75, 3.05) is 31.1 Å². The van der Waals surface area contributed by atoms with Crippen molar-refractivity contribution in [3.63, 3.8) is 0 Å². The van der Waals surface area contributed by atoms with Crippen molar-refractivity contribution in [3.05, 3.63) is 71.7 Å². The Morgan fingerprint density at radius 2 is 1.66 bits per heavy atom. The molecule has 0 saturated carbocycles. The van der Waals surface area contributed by atoms with E-state index >= 15 is 0 Å². The summed E-state index contributed by atoms with van der Waals surface area (Å²) in [7, 11) is 0. The number of rotatable bonds is 5. The minimum absolute atomic E-state index is 0.0852. The van der Waals surface area contributed by atoms with E-state index in [1.54, 1.807) is 23.1 Å². The standard InChI is InChI=1S/C23H25F3N2O/c24-20-16-19(29-17-18-6-2-1-3-7-18)9-10-21(20)27-12-14-28(15-13-27)22-8-4-5-11-23(22,25)26/h1-3,6-10,16H,4-5,11-15,17H2. The lowest BCUT2D eigenvalue weighted by Gasteiger charge is -2.41. The van der Waals surface area contributed by atoms with E-state index in [4.69, 9.17) is 4.74 Å². The zero-order chi connectivity index (χ0) is 20.3. The van der Waals surface area contributed by atoms with Crippen LogP contribution in [-0.2, 0) is 6.61 Å². The van der Waals surface area contributed by atoms with Gasteiger partial charge in [-0.15, -0.1) is 0 Å². The van der Waals surface area contributed by atoms with Crippen LogP contribution >= 0.6 is 0 Å². The van der Waals surface area contributed by atoms with Crippen LogP contribution in [0.2, 0.25) is 0 Å². The summed E-state index contributed by atoms with van der Waals surface area (Å²) < 4.78 is 48.7. The number of ether oxygens (including phenoxy) is 1. The van der Waals surface area contributed by atoms with Gasteiger partial charge in [0, 0.05) is 38.7 Å². The summed E-state index contributed by atoms with van der Waals surface area (Å²) in [5.41, 5.74) is 1.65. The number of piperazine rings is 1. The Kier molecular flexibility index (Phi) is 5.69. The normalized spacial score (nSPS) is 19.1. The van der Waals surface area contributed by atoms with Crippen molar-refractivity contribution in [2.45, 2.75) is 31.8 Å². The average molecular weight is 402 g/mol. The van der Waals surface area contributed by atoms with Crippen LogP contribution in [0.3, 0.4) is 0 Å². The Morgan fingerprint density at radius 3 is 2.34 bits per heavy atom. The molecule has 1 heterocycles. The van der Waals surface area contributed by atoms with Gasteiger partial charge < -0.3 is 14.5 Å². The molecule has 3 nitrogen and oxygen atoms in total. The van der Waals surface area contributed by atoms with Crippen LogP contribution < -0.4 is 9.64 Å². The monoisotopic (exact) mass is 402 g/mol. The van der Waals surface area contributed by atoms with Crippen molar-refractivity contribution in [1.82, 2.24) is 4.90 Å². The number of nitrogens with zero attached hydrogens (tertiary/aromatic N) is 2. The van der Waals surface area contributed by atoms with Gasteiger partial charge >= 0.3 is 0 Å². The lowest BCUT2D eigenvalue weighted by molar-refractivity contribution is -0.00587. The molecule has 1 saturated heterocycles. The van der Waals surface area contributed by atoms with Crippen LogP contribution in [0.25, 0.3) is 0 Å². The molecule has 4 rings (SSSR count). The molecule has 0 N–H and O–H groups in total. The van der Waals surface area contributed by atoms with Crippen molar-refractivity contribution in [1.29, 1.82) is 0 Å². The molecule has 2 aromatic rings. The molecule has 0 bridgehead atoms. The highest BCUT2D eigenvalue weighted by Crippen LogP contribution is 2.37. The quantitative estimate of drug-likeness (QED) is 0.681. The molecule has 1 aliphatic heterocycles. The van der Waals surface area contributed by atoms with Crippen LogP contribution in [0.15, 0.2) is 60.3 Å². The van der Waals surface area contributed by atoms with E-state index in [0.29, 0.717) is 57.1 Å². The average Bonchev–Trinajstić information content (AvgIpc) is 2.73. The second kappa shape index (κ2) is 8.39. The maximum atomic E-state index is 14.7. The van der Waals surface area contributed by atoms with Gasteiger partial charge in [0.15, 0.2) is 0 Å². The SMILES string of the molecule is Fc1cc(OCc2ccccc2)ccc1N1CCN(C2=CCCCC2(F)F)CC1. The molecular formula is C23H25F3N2O. The zero-order valence-corrected chi connectivity index (χ0v) is 16.3. The first-order chi connectivity index (χ1) is 14.0. The smallest absolute Gasteiger partial charge is 0.287 e. The molecule has 6 heteroatoms. The van der Waals surface area contributed by atoms with Crippen LogP contribution in [-0.4, -0.2) is 37.0 Å². The van der Waals surface area contributed by atoms with E-state index in [1.165, 1.54) is 6.07 Å². The number of allylic oxidation sites excluding steroid dienone is 2. The van der Waals surface area contributed by atoms with Crippen LogP contribution in [0.5, 0.6) is 5.75 Å². The Morgan fingerprint density at radius 1 is 0.931 bits per heavy atom. The van der Waals surface area contributed by atoms with Crippen LogP contribution in [0, 0.1) is 5.82 Å². The lowest BCUT2D eigenvalue weighted by Crippen LogP contribution is -2.49. The van der Waals surface area contributed by atoms with Gasteiger partial charge in [-0.1, -0.05) is 36.4 Å². The third-order valence-corrected chi connectivity index (χ3v) is 5.54. The molecule has 0 spiro atoms. The molecule has 0 radical (unpaired) electrons. The minimum atomic E-state index is -2.75. The summed E-state index contributed by atoms with van der Waals surface area (Å²) in [6.07, 6.45) is 2.81. The summed E-state index contributed by atoms with van der Waals surface area (Å²) >= 11 is 0. The first kappa shape index (κ1) is 19.7. The summed E-state index contributed by atoms with van der Waals surface area (Å²) in [5.74, 6) is -2.63. The molecule has 29 heavy (non-hydrogen) atoms. The predicted octanol–water partition coefficient (Wildman–Crippen LogP) is 5.23. The highest BCUT2D eigenvalue weighted by Gasteiger charge is 2.39. The van der Waals surface area contributed by atoms with Gasteiger partial charge in [0.2, 0.25) is 0 Å². The Hall–Kier alpha value is -2.63. The van der Waals surface area contributed by atoms with E-state index < -0.39 is 5.92 Å². The topological polar surface area (TPSA) is 15.7 Å². The second-order valence-corrected chi connectivity index (χ2v) is 7.55. The van der Waals surface area contributed by atoms with Crippen molar-refractivity contribution < 1.29 is 17.9 Å². The zero-order valence-electron chi connectivity index (χ0n) is 16.3. The van der Waals surface area contributed by atoms with E-state index in [9.17, 15) is 13.2 Å². The molecule has 2 aliphatic rings. The van der Waals surface area contributed by atoms with Gasteiger partial charge in [-0.2, -0.15) is 8.78 Å². The largest absolute Gasteiger partial charge is 0.489 e. The summed E-state index contributed by atoms with van der Waals surface area (Å²) in [6, 6.07) is 14.6. The molecule has 0 amide bonds. The van der Waals surface area contributed by atoms with Crippen molar-refractivity contribution in [2.24, 2.45) is 0 Å². The first-order valence-corrected chi connectivity index (χ1v) is 10.1. The molecule has 0 unspecified atom stereocenters. The van der Waals surface area contributed by atoms with Crippen molar-refractivity contribution >= 4 is 5.69 Å². The highest BCUT2D eigenvalue weighted by molar-refractivity contribution is 5.51. The minimum Gasteiger partial charge on any atom is -0.489 e. The number of alkyl halides is 2.